The first-order valence-electron chi connectivity index (χ1n) is 12.0. The lowest BCUT2D eigenvalue weighted by molar-refractivity contribution is 0.224. The summed E-state index contributed by atoms with van der Waals surface area (Å²) in [4.78, 5) is 24.9. The van der Waals surface area contributed by atoms with Crippen LogP contribution in [-0.4, -0.2) is 42.9 Å². The molecule has 2 aliphatic rings. The van der Waals surface area contributed by atoms with Crippen molar-refractivity contribution in [3.8, 4) is 5.75 Å². The number of rotatable bonds is 6. The molecule has 0 atom stereocenters. The second kappa shape index (κ2) is 9.85. The monoisotopic (exact) mass is 452 g/mol. The minimum Gasteiger partial charge on any atom is -0.497 e. The molecule has 8 nitrogen and oxygen atoms in total. The summed E-state index contributed by atoms with van der Waals surface area (Å²) >= 11 is 0. The number of urea groups is 1. The Morgan fingerprint density at radius 1 is 1.06 bits per heavy atom. The van der Waals surface area contributed by atoms with Crippen LogP contribution >= 0.6 is 0 Å². The number of fused-ring (bicyclic) bond motifs is 1. The van der Waals surface area contributed by atoms with E-state index in [2.05, 4.69) is 20.9 Å². The number of aromatic nitrogens is 2. The van der Waals surface area contributed by atoms with Crippen molar-refractivity contribution in [2.24, 2.45) is 0 Å². The highest BCUT2D eigenvalue weighted by Crippen LogP contribution is 2.32. The first-order chi connectivity index (χ1) is 15.9. The third kappa shape index (κ3) is 5.31. The Balaban J connectivity index is 1.55. The topological polar surface area (TPSA) is 91.4 Å². The molecule has 0 unspecified atom stereocenters. The van der Waals surface area contributed by atoms with E-state index in [0.717, 1.165) is 79.9 Å². The van der Waals surface area contributed by atoms with Gasteiger partial charge in [-0.05, 0) is 82.1 Å². The molecule has 178 valence electrons. The van der Waals surface area contributed by atoms with Crippen molar-refractivity contribution in [3.05, 3.63) is 35.0 Å². The van der Waals surface area contributed by atoms with E-state index in [4.69, 9.17) is 14.7 Å². The van der Waals surface area contributed by atoms with Gasteiger partial charge in [-0.15, -0.1) is 0 Å². The predicted molar refractivity (Wildman–Crippen MR) is 132 cm³/mol. The van der Waals surface area contributed by atoms with Gasteiger partial charge in [-0.1, -0.05) is 6.42 Å². The van der Waals surface area contributed by atoms with Crippen LogP contribution in [0.4, 0.5) is 22.2 Å². The number of hydrogen-bond donors (Lipinski definition) is 3. The molecule has 8 heteroatoms. The molecule has 4 rings (SSSR count). The van der Waals surface area contributed by atoms with E-state index in [0.29, 0.717) is 5.95 Å². The summed E-state index contributed by atoms with van der Waals surface area (Å²) in [5, 5.41) is 9.78. The van der Waals surface area contributed by atoms with Crippen LogP contribution in [0.15, 0.2) is 18.2 Å². The summed E-state index contributed by atoms with van der Waals surface area (Å²) in [7, 11) is 5.69. The molecule has 1 saturated carbocycles. The number of aryl methyl sites for hydroxylation is 2. The number of benzene rings is 1. The molecule has 1 heterocycles. The van der Waals surface area contributed by atoms with E-state index in [1.165, 1.54) is 12.0 Å². The van der Waals surface area contributed by atoms with Crippen LogP contribution in [0.25, 0.3) is 0 Å². The predicted octanol–water partition coefficient (Wildman–Crippen LogP) is 4.63. The molecular weight excluding hydrogens is 416 g/mol. The molecule has 33 heavy (non-hydrogen) atoms. The van der Waals surface area contributed by atoms with Crippen LogP contribution in [0, 0.1) is 6.92 Å². The highest BCUT2D eigenvalue weighted by Gasteiger charge is 2.35. The fourth-order valence-electron chi connectivity index (χ4n) is 4.92. The van der Waals surface area contributed by atoms with Crippen molar-refractivity contribution in [1.29, 1.82) is 0 Å². The maximum absolute atomic E-state index is 13.0. The summed E-state index contributed by atoms with van der Waals surface area (Å²) in [5.74, 6) is 2.35. The van der Waals surface area contributed by atoms with E-state index >= 15 is 0 Å². The van der Waals surface area contributed by atoms with Gasteiger partial charge in [0, 0.05) is 25.3 Å². The summed E-state index contributed by atoms with van der Waals surface area (Å²) in [6, 6.07) is 5.39. The van der Waals surface area contributed by atoms with Gasteiger partial charge in [-0.2, -0.15) is 4.98 Å². The van der Waals surface area contributed by atoms with E-state index in [1.807, 2.05) is 39.2 Å². The van der Waals surface area contributed by atoms with Gasteiger partial charge in [0.05, 0.1) is 12.8 Å². The Morgan fingerprint density at radius 2 is 1.82 bits per heavy atom. The largest absolute Gasteiger partial charge is 0.497 e. The van der Waals surface area contributed by atoms with Gasteiger partial charge in [0.1, 0.15) is 17.2 Å². The van der Waals surface area contributed by atoms with Gasteiger partial charge in [-0.3, -0.25) is 0 Å². The van der Waals surface area contributed by atoms with E-state index in [9.17, 15) is 4.79 Å². The zero-order valence-corrected chi connectivity index (χ0v) is 20.3. The van der Waals surface area contributed by atoms with E-state index < -0.39 is 5.66 Å². The number of ether oxygens (including phenoxy) is 1. The third-order valence-electron chi connectivity index (χ3n) is 6.68. The molecule has 3 N–H and O–H groups in total. The third-order valence-corrected chi connectivity index (χ3v) is 6.68. The summed E-state index contributed by atoms with van der Waals surface area (Å²) in [6.07, 6.45) is 9.25. The average Bonchev–Trinajstić information content (AvgIpc) is 2.80. The van der Waals surface area contributed by atoms with Gasteiger partial charge in [0.2, 0.25) is 5.95 Å². The lowest BCUT2D eigenvalue weighted by Gasteiger charge is -2.39. The Labute approximate surface area is 196 Å². The SMILES string of the molecule is COc1ccc(NC(=O)NC2(Nc3nc4c(c(N(C)C)n3)CCCC4)CCCCC2)c(C)c1. The Hall–Kier alpha value is -3.03. The van der Waals surface area contributed by atoms with Crippen molar-refractivity contribution < 1.29 is 9.53 Å². The molecule has 1 aromatic carbocycles. The number of hydrogen-bond acceptors (Lipinski definition) is 6. The van der Waals surface area contributed by atoms with Crippen LogP contribution in [0.2, 0.25) is 0 Å². The Morgan fingerprint density at radius 3 is 2.52 bits per heavy atom. The quantitative estimate of drug-likeness (QED) is 0.554. The minimum atomic E-state index is -0.574. The standard InChI is InChI=1S/C25H36N6O2/c1-17-16-18(33-4)12-13-20(17)27-24(32)30-25(14-8-5-9-15-25)29-23-26-21-11-7-6-10-19(21)22(28-23)31(2)3/h12-13,16H,5-11,14-15H2,1-4H3,(H,26,28,29)(H2,27,30,32). The lowest BCUT2D eigenvalue weighted by Crippen LogP contribution is -2.57. The number of carbonyl (C=O) groups is 1. The minimum absolute atomic E-state index is 0.233. The maximum Gasteiger partial charge on any atom is 0.321 e. The van der Waals surface area contributed by atoms with Crippen molar-refractivity contribution in [1.82, 2.24) is 15.3 Å². The van der Waals surface area contributed by atoms with Crippen molar-refractivity contribution in [2.45, 2.75) is 70.4 Å². The zero-order chi connectivity index (χ0) is 23.4. The van der Waals surface area contributed by atoms with Crippen LogP contribution in [0.5, 0.6) is 5.75 Å². The van der Waals surface area contributed by atoms with Crippen LogP contribution in [0.1, 0.15) is 61.8 Å². The normalized spacial score (nSPS) is 17.0. The molecule has 1 aromatic heterocycles. The fraction of sp³-hybridized carbons (Fsp3) is 0.560. The molecule has 0 saturated heterocycles. The van der Waals surface area contributed by atoms with Crippen molar-refractivity contribution in [3.63, 3.8) is 0 Å². The number of anilines is 3. The van der Waals surface area contributed by atoms with Crippen LogP contribution in [0.3, 0.4) is 0 Å². The van der Waals surface area contributed by atoms with E-state index in [1.54, 1.807) is 7.11 Å². The van der Waals surface area contributed by atoms with Crippen molar-refractivity contribution in [2.75, 3.05) is 36.7 Å². The van der Waals surface area contributed by atoms with Gasteiger partial charge in [-0.25, -0.2) is 9.78 Å². The highest BCUT2D eigenvalue weighted by molar-refractivity contribution is 5.91. The molecule has 0 aliphatic heterocycles. The summed E-state index contributed by atoms with van der Waals surface area (Å²) in [5.41, 5.74) is 3.53. The van der Waals surface area contributed by atoms with Gasteiger partial charge in [0.15, 0.2) is 0 Å². The molecule has 2 amide bonds. The molecule has 0 bridgehead atoms. The van der Waals surface area contributed by atoms with Gasteiger partial charge >= 0.3 is 6.03 Å². The van der Waals surface area contributed by atoms with Crippen LogP contribution in [-0.2, 0) is 12.8 Å². The van der Waals surface area contributed by atoms with Gasteiger partial charge < -0.3 is 25.6 Å². The summed E-state index contributed by atoms with van der Waals surface area (Å²) < 4.78 is 5.27. The Kier molecular flexibility index (Phi) is 6.91. The molecule has 0 radical (unpaired) electrons. The average molecular weight is 453 g/mol. The molecule has 1 fully saturated rings. The first-order valence-corrected chi connectivity index (χ1v) is 12.0. The highest BCUT2D eigenvalue weighted by atomic mass is 16.5. The fourth-order valence-corrected chi connectivity index (χ4v) is 4.92. The second-order valence-electron chi connectivity index (χ2n) is 9.43. The number of carbonyl (C=O) groups excluding carboxylic acids is 1. The van der Waals surface area contributed by atoms with Crippen molar-refractivity contribution >= 4 is 23.5 Å². The maximum atomic E-state index is 13.0. The smallest absolute Gasteiger partial charge is 0.321 e. The Bertz CT molecular complexity index is 1000. The second-order valence-corrected chi connectivity index (χ2v) is 9.43. The number of nitrogens with one attached hydrogen (secondary N) is 3. The molecule has 0 spiro atoms. The van der Waals surface area contributed by atoms with E-state index in [-0.39, 0.29) is 6.03 Å². The van der Waals surface area contributed by atoms with Crippen LogP contribution < -0.4 is 25.6 Å². The molecular formula is C25H36N6O2. The lowest BCUT2D eigenvalue weighted by atomic mass is 9.89. The zero-order valence-electron chi connectivity index (χ0n) is 20.3. The van der Waals surface area contributed by atoms with Gasteiger partial charge in [0.25, 0.3) is 0 Å². The first kappa shape index (κ1) is 23.1. The number of methoxy groups -OCH3 is 1. The summed E-state index contributed by atoms with van der Waals surface area (Å²) in [6.45, 7) is 1.95. The number of amides is 2. The number of nitrogens with zero attached hydrogens (tertiary/aromatic N) is 3. The molecule has 2 aliphatic carbocycles. The molecule has 2 aromatic rings.